The largest absolute Gasteiger partial charge is 0.490 e. The topological polar surface area (TPSA) is 50.4 Å². The van der Waals surface area contributed by atoms with Crippen molar-refractivity contribution in [1.29, 1.82) is 0 Å². The predicted octanol–water partition coefficient (Wildman–Crippen LogP) is 6.77. The van der Waals surface area contributed by atoms with Crippen molar-refractivity contribution in [2.45, 2.75) is 84.0 Å². The van der Waals surface area contributed by atoms with Gasteiger partial charge in [0, 0.05) is 12.1 Å². The summed E-state index contributed by atoms with van der Waals surface area (Å²) >= 11 is 5.21. The second-order valence-corrected chi connectivity index (χ2v) is 7.82. The van der Waals surface area contributed by atoms with E-state index in [-0.39, 0.29) is 5.91 Å². The van der Waals surface area contributed by atoms with Crippen molar-refractivity contribution >= 4 is 28.9 Å². The summed E-state index contributed by atoms with van der Waals surface area (Å²) in [4.78, 5) is 12.0. The molecule has 1 amide bonds. The van der Waals surface area contributed by atoms with Crippen LogP contribution in [0.3, 0.4) is 0 Å². The Morgan fingerprint density at radius 2 is 1.52 bits per heavy atom. The minimum atomic E-state index is -0.0237. The van der Waals surface area contributed by atoms with Crippen molar-refractivity contribution in [2.24, 2.45) is 0 Å². The predicted molar refractivity (Wildman–Crippen MR) is 128 cm³/mol. The number of thiocarbonyl (C=S) groups is 1. The number of benzene rings is 1. The van der Waals surface area contributed by atoms with E-state index in [0.717, 1.165) is 24.3 Å². The standard InChI is InChI=1S/C24H38N2O2S/c1-3-5-6-7-8-9-10-11-12-13-14-15-23(27)26-24(29)25-21-16-18-22(19-17-21)28-20-4-2/h4,16-19H,2-3,5-15,20H2,1H3,(H2,25,26,27,29). The fourth-order valence-corrected chi connectivity index (χ4v) is 3.32. The summed E-state index contributed by atoms with van der Waals surface area (Å²) < 4.78 is 5.44. The van der Waals surface area contributed by atoms with Gasteiger partial charge in [0.15, 0.2) is 5.11 Å². The second kappa shape index (κ2) is 17.0. The summed E-state index contributed by atoms with van der Waals surface area (Å²) in [6.07, 6.45) is 16.2. The zero-order valence-electron chi connectivity index (χ0n) is 18.0. The number of carbonyl (C=O) groups excluding carboxylic acids is 1. The average molecular weight is 419 g/mol. The lowest BCUT2D eigenvalue weighted by atomic mass is 10.1. The molecule has 0 aliphatic rings. The van der Waals surface area contributed by atoms with Crippen molar-refractivity contribution in [3.05, 3.63) is 36.9 Å². The van der Waals surface area contributed by atoms with Crippen molar-refractivity contribution < 1.29 is 9.53 Å². The van der Waals surface area contributed by atoms with Gasteiger partial charge in [-0.1, -0.05) is 83.8 Å². The van der Waals surface area contributed by atoms with Crippen LogP contribution in [0.25, 0.3) is 0 Å². The first-order valence-electron chi connectivity index (χ1n) is 11.1. The highest BCUT2D eigenvalue weighted by Gasteiger charge is 2.05. The molecule has 0 saturated carbocycles. The summed E-state index contributed by atoms with van der Waals surface area (Å²) in [5.74, 6) is 0.742. The summed E-state index contributed by atoms with van der Waals surface area (Å²) in [6, 6.07) is 7.42. The van der Waals surface area contributed by atoms with Gasteiger partial charge in [-0.3, -0.25) is 4.79 Å². The maximum absolute atomic E-state index is 12.0. The Labute approximate surface area is 182 Å². The highest BCUT2D eigenvalue weighted by atomic mass is 32.1. The zero-order valence-corrected chi connectivity index (χ0v) is 18.8. The SMILES string of the molecule is C=CCOc1ccc(NC(=S)NC(=O)CCCCCCCCCCCCC)cc1. The van der Waals surface area contributed by atoms with E-state index in [4.69, 9.17) is 17.0 Å². The van der Waals surface area contributed by atoms with Crippen molar-refractivity contribution in [1.82, 2.24) is 5.32 Å². The number of carbonyl (C=O) groups is 1. The fourth-order valence-electron chi connectivity index (χ4n) is 3.09. The van der Waals surface area contributed by atoms with Gasteiger partial charge in [-0.25, -0.2) is 0 Å². The van der Waals surface area contributed by atoms with Crippen LogP contribution < -0.4 is 15.4 Å². The van der Waals surface area contributed by atoms with Crippen molar-refractivity contribution in [3.63, 3.8) is 0 Å². The molecule has 0 radical (unpaired) electrons. The molecule has 0 bridgehead atoms. The fraction of sp³-hybridized carbons (Fsp3) is 0.583. The molecular formula is C24H38N2O2S. The van der Waals surface area contributed by atoms with Crippen molar-refractivity contribution in [2.75, 3.05) is 11.9 Å². The van der Waals surface area contributed by atoms with E-state index in [2.05, 4.69) is 24.1 Å². The molecule has 0 heterocycles. The third-order valence-corrected chi connectivity index (χ3v) is 4.94. The van der Waals surface area contributed by atoms with Crippen molar-refractivity contribution in [3.8, 4) is 5.75 Å². The molecule has 2 N–H and O–H groups in total. The van der Waals surface area contributed by atoms with Crippen LogP contribution in [0.15, 0.2) is 36.9 Å². The van der Waals surface area contributed by atoms with E-state index in [1.807, 2.05) is 24.3 Å². The molecule has 0 spiro atoms. The van der Waals surface area contributed by atoms with E-state index >= 15 is 0 Å². The minimum Gasteiger partial charge on any atom is -0.490 e. The lowest BCUT2D eigenvalue weighted by Crippen LogP contribution is -2.33. The first-order chi connectivity index (χ1) is 14.2. The van der Waals surface area contributed by atoms with Gasteiger partial charge in [0.2, 0.25) is 5.91 Å². The monoisotopic (exact) mass is 418 g/mol. The van der Waals surface area contributed by atoms with Gasteiger partial charge in [-0.2, -0.15) is 0 Å². The molecule has 29 heavy (non-hydrogen) atoms. The van der Waals surface area contributed by atoms with Gasteiger partial charge >= 0.3 is 0 Å². The van der Waals surface area contributed by atoms with Crippen LogP contribution in [-0.2, 0) is 4.79 Å². The van der Waals surface area contributed by atoms with Crippen LogP contribution in [0, 0.1) is 0 Å². The van der Waals surface area contributed by atoms with Crippen LogP contribution in [0.2, 0.25) is 0 Å². The van der Waals surface area contributed by atoms with E-state index < -0.39 is 0 Å². The summed E-state index contributed by atoms with van der Waals surface area (Å²) in [7, 11) is 0. The highest BCUT2D eigenvalue weighted by molar-refractivity contribution is 7.80. The lowest BCUT2D eigenvalue weighted by Gasteiger charge is -2.10. The first-order valence-corrected chi connectivity index (χ1v) is 11.5. The number of unbranched alkanes of at least 4 members (excludes halogenated alkanes) is 10. The number of hydrogen-bond donors (Lipinski definition) is 2. The van der Waals surface area contributed by atoms with E-state index in [1.165, 1.54) is 57.8 Å². The van der Waals surface area contributed by atoms with Gasteiger partial charge < -0.3 is 15.4 Å². The summed E-state index contributed by atoms with van der Waals surface area (Å²) in [6.45, 7) is 6.35. The van der Waals surface area contributed by atoms with Crippen LogP contribution in [0.1, 0.15) is 84.0 Å². The third kappa shape index (κ3) is 13.9. The molecule has 0 aliphatic carbocycles. The quantitative estimate of drug-likeness (QED) is 0.177. The Morgan fingerprint density at radius 3 is 2.07 bits per heavy atom. The van der Waals surface area contributed by atoms with E-state index in [0.29, 0.717) is 18.1 Å². The van der Waals surface area contributed by atoms with Gasteiger partial charge in [0.25, 0.3) is 0 Å². The second-order valence-electron chi connectivity index (χ2n) is 7.41. The smallest absolute Gasteiger partial charge is 0.226 e. The molecule has 0 unspecified atom stereocenters. The van der Waals surface area contributed by atoms with Crippen LogP contribution in [-0.4, -0.2) is 17.6 Å². The molecule has 0 fully saturated rings. The third-order valence-electron chi connectivity index (χ3n) is 4.74. The molecular weight excluding hydrogens is 380 g/mol. The average Bonchev–Trinajstić information content (AvgIpc) is 2.71. The van der Waals surface area contributed by atoms with Crippen LogP contribution in [0.4, 0.5) is 5.69 Å². The molecule has 1 rings (SSSR count). The molecule has 0 aliphatic heterocycles. The minimum absolute atomic E-state index is 0.0237. The molecule has 1 aromatic rings. The Hall–Kier alpha value is -1.88. The van der Waals surface area contributed by atoms with Gasteiger partial charge in [-0.05, 0) is 42.9 Å². The first kappa shape index (κ1) is 25.2. The number of rotatable bonds is 16. The number of ether oxygens (including phenoxy) is 1. The van der Waals surface area contributed by atoms with Gasteiger partial charge in [0.1, 0.15) is 12.4 Å². The Kier molecular flexibility index (Phi) is 14.8. The summed E-state index contributed by atoms with van der Waals surface area (Å²) in [5, 5.41) is 6.10. The maximum atomic E-state index is 12.0. The highest BCUT2D eigenvalue weighted by Crippen LogP contribution is 2.16. The Balaban J connectivity index is 2.03. The Morgan fingerprint density at radius 1 is 0.966 bits per heavy atom. The van der Waals surface area contributed by atoms with E-state index in [1.54, 1.807) is 6.08 Å². The summed E-state index contributed by atoms with van der Waals surface area (Å²) in [5.41, 5.74) is 0.816. The molecule has 5 heteroatoms. The normalized spacial score (nSPS) is 10.4. The molecule has 0 saturated heterocycles. The zero-order chi connectivity index (χ0) is 21.2. The van der Waals surface area contributed by atoms with Crippen LogP contribution >= 0.6 is 12.2 Å². The molecule has 162 valence electrons. The molecule has 4 nitrogen and oxygen atoms in total. The molecule has 1 aromatic carbocycles. The van der Waals surface area contributed by atoms with Gasteiger partial charge in [0.05, 0.1) is 0 Å². The lowest BCUT2D eigenvalue weighted by molar-refractivity contribution is -0.119. The number of hydrogen-bond acceptors (Lipinski definition) is 3. The number of amides is 1. The van der Waals surface area contributed by atoms with E-state index in [9.17, 15) is 4.79 Å². The maximum Gasteiger partial charge on any atom is 0.226 e. The Bertz CT molecular complexity index is 587. The van der Waals surface area contributed by atoms with Gasteiger partial charge in [-0.15, -0.1) is 0 Å². The number of nitrogens with one attached hydrogen (secondary N) is 2. The molecule has 0 aromatic heterocycles. The number of anilines is 1. The van der Waals surface area contributed by atoms with Crippen LogP contribution in [0.5, 0.6) is 5.75 Å². The molecule has 0 atom stereocenters.